The van der Waals surface area contributed by atoms with E-state index in [0.29, 0.717) is 27.8 Å². The van der Waals surface area contributed by atoms with Crippen LogP contribution in [0.5, 0.6) is 0 Å². The van der Waals surface area contributed by atoms with Crippen molar-refractivity contribution in [3.8, 4) is 6.07 Å². The molecule has 4 rings (SSSR count). The zero-order chi connectivity index (χ0) is 27.8. The molecule has 1 fully saturated rings. The summed E-state index contributed by atoms with van der Waals surface area (Å²) < 4.78 is 0. The van der Waals surface area contributed by atoms with Crippen molar-refractivity contribution < 1.29 is 4.79 Å². The molecule has 0 bridgehead atoms. The van der Waals surface area contributed by atoms with Crippen molar-refractivity contribution in [3.05, 3.63) is 57.5 Å². The zero-order valence-electron chi connectivity index (χ0n) is 22.3. The molecule has 1 aliphatic carbocycles. The number of hydrogen-bond acceptors (Lipinski definition) is 8. The predicted molar refractivity (Wildman–Crippen MR) is 154 cm³/mol. The number of anilines is 1. The standard InChI is InChI=1S/C26H28Cl2N6O.C2H7N/c1-15-10-17(5-8-24(15)34-9-3-4-19(34)14-35)23-13-31-25(22(30)12-29)26(33-23)32-16(2)20-7-6-18(27)11-21(20)28;1-3-2/h5-7,11,13-16,19,24,30H,3-4,8-10H2,1-2H3,(H,32,33);3H,1-2H3. The summed E-state index contributed by atoms with van der Waals surface area (Å²) in [7, 11) is 3.75. The van der Waals surface area contributed by atoms with Gasteiger partial charge in [-0.2, -0.15) is 5.26 Å². The lowest BCUT2D eigenvalue weighted by Gasteiger charge is -2.37. The van der Waals surface area contributed by atoms with Crippen molar-refractivity contribution in [3.63, 3.8) is 0 Å². The number of likely N-dealkylation sites (tertiary alicyclic amines) is 1. The number of aldehydes is 1. The van der Waals surface area contributed by atoms with Gasteiger partial charge >= 0.3 is 0 Å². The average molecular weight is 557 g/mol. The van der Waals surface area contributed by atoms with E-state index in [2.05, 4.69) is 33.5 Å². The molecule has 1 aromatic heterocycles. The van der Waals surface area contributed by atoms with Crippen LogP contribution in [0.1, 0.15) is 62.5 Å². The van der Waals surface area contributed by atoms with Gasteiger partial charge in [0.25, 0.3) is 0 Å². The quantitative estimate of drug-likeness (QED) is 0.303. The molecule has 1 aliphatic heterocycles. The molecular weight excluding hydrogens is 521 g/mol. The molecule has 4 unspecified atom stereocenters. The number of hydrogen-bond donors (Lipinski definition) is 3. The van der Waals surface area contributed by atoms with E-state index in [9.17, 15) is 10.1 Å². The van der Waals surface area contributed by atoms with Gasteiger partial charge in [0, 0.05) is 16.1 Å². The Morgan fingerprint density at radius 2 is 2.08 bits per heavy atom. The van der Waals surface area contributed by atoms with E-state index in [1.54, 1.807) is 18.3 Å². The summed E-state index contributed by atoms with van der Waals surface area (Å²) in [5, 5.41) is 24.5. The fourth-order valence-electron chi connectivity index (χ4n) is 5.12. The summed E-state index contributed by atoms with van der Waals surface area (Å²) in [6.07, 6.45) is 8.56. The first kappa shape index (κ1) is 29.7. The van der Waals surface area contributed by atoms with Gasteiger partial charge < -0.3 is 15.4 Å². The fourth-order valence-corrected chi connectivity index (χ4v) is 5.69. The number of halogens is 2. The first-order valence-electron chi connectivity index (χ1n) is 12.8. The summed E-state index contributed by atoms with van der Waals surface area (Å²) in [4.78, 5) is 23.1. The Kier molecular flexibility index (Phi) is 10.8. The summed E-state index contributed by atoms with van der Waals surface area (Å²) in [6, 6.07) is 7.23. The number of carbonyl (C=O) groups is 1. The van der Waals surface area contributed by atoms with Gasteiger partial charge in [0.05, 0.1) is 24.0 Å². The Hall–Kier alpha value is -2.83. The zero-order valence-corrected chi connectivity index (χ0v) is 23.8. The van der Waals surface area contributed by atoms with Crippen molar-refractivity contribution in [2.75, 3.05) is 26.0 Å². The van der Waals surface area contributed by atoms with Crippen molar-refractivity contribution in [2.24, 2.45) is 5.92 Å². The number of nitriles is 1. The highest BCUT2D eigenvalue weighted by Gasteiger charge is 2.35. The molecule has 0 saturated carbocycles. The maximum atomic E-state index is 11.5. The molecule has 0 spiro atoms. The lowest BCUT2D eigenvalue weighted by atomic mass is 9.83. The minimum Gasteiger partial charge on any atom is -0.362 e. The van der Waals surface area contributed by atoms with Gasteiger partial charge in [-0.1, -0.05) is 42.3 Å². The molecule has 1 saturated heterocycles. The topological polar surface area (TPSA) is 118 Å². The Morgan fingerprint density at radius 3 is 2.71 bits per heavy atom. The normalized spacial score (nSPS) is 21.9. The Bertz CT molecular complexity index is 1230. The molecule has 8 nitrogen and oxygen atoms in total. The molecular formula is C28H35Cl2N7O. The van der Waals surface area contributed by atoms with E-state index in [4.69, 9.17) is 33.6 Å². The van der Waals surface area contributed by atoms with Crippen LogP contribution in [0, 0.1) is 22.7 Å². The van der Waals surface area contributed by atoms with E-state index in [1.807, 2.05) is 33.2 Å². The third-order valence-electron chi connectivity index (χ3n) is 6.96. The summed E-state index contributed by atoms with van der Waals surface area (Å²) in [5.74, 6) is 0.724. The maximum Gasteiger partial charge on any atom is 0.161 e. The maximum absolute atomic E-state index is 11.5. The van der Waals surface area contributed by atoms with E-state index in [1.165, 1.54) is 0 Å². The van der Waals surface area contributed by atoms with Gasteiger partial charge in [0.15, 0.2) is 11.5 Å². The van der Waals surface area contributed by atoms with Crippen LogP contribution in [0.3, 0.4) is 0 Å². The molecule has 10 heteroatoms. The summed E-state index contributed by atoms with van der Waals surface area (Å²) in [6.45, 7) is 5.11. The molecule has 0 amide bonds. The molecule has 0 radical (unpaired) electrons. The smallest absolute Gasteiger partial charge is 0.161 e. The second-order valence-electron chi connectivity index (χ2n) is 9.77. The van der Waals surface area contributed by atoms with Gasteiger partial charge in [0.1, 0.15) is 18.0 Å². The minimum absolute atomic E-state index is 0.0189. The Morgan fingerprint density at radius 1 is 1.34 bits per heavy atom. The van der Waals surface area contributed by atoms with Crippen LogP contribution in [0.15, 0.2) is 30.5 Å². The number of allylic oxidation sites excluding steroid dienone is 1. The number of aromatic nitrogens is 2. The Balaban J connectivity index is 0.00000127. The second-order valence-corrected chi connectivity index (χ2v) is 10.6. The molecule has 4 atom stereocenters. The van der Waals surface area contributed by atoms with Gasteiger partial charge in [0.2, 0.25) is 0 Å². The van der Waals surface area contributed by atoms with Crippen molar-refractivity contribution >= 4 is 46.6 Å². The monoisotopic (exact) mass is 555 g/mol. The highest BCUT2D eigenvalue weighted by Crippen LogP contribution is 2.36. The first-order chi connectivity index (χ1) is 18.2. The number of nitrogens with one attached hydrogen (secondary N) is 3. The average Bonchev–Trinajstić information content (AvgIpc) is 3.37. The lowest BCUT2D eigenvalue weighted by molar-refractivity contribution is -0.112. The molecule has 38 heavy (non-hydrogen) atoms. The fraction of sp³-hybridized carbons (Fsp3) is 0.464. The summed E-state index contributed by atoms with van der Waals surface area (Å²) in [5.41, 5.74) is 2.55. The van der Waals surface area contributed by atoms with Crippen molar-refractivity contribution in [1.29, 1.82) is 10.7 Å². The molecule has 2 aliphatic rings. The van der Waals surface area contributed by atoms with Gasteiger partial charge in [-0.25, -0.2) is 9.97 Å². The molecule has 2 aromatic rings. The third kappa shape index (κ3) is 6.97. The van der Waals surface area contributed by atoms with E-state index < -0.39 is 0 Å². The Labute approximate surface area is 235 Å². The largest absolute Gasteiger partial charge is 0.362 e. The van der Waals surface area contributed by atoms with Crippen LogP contribution in [-0.2, 0) is 4.79 Å². The number of rotatable bonds is 7. The van der Waals surface area contributed by atoms with Crippen LogP contribution >= 0.6 is 23.2 Å². The second kappa shape index (κ2) is 13.8. The van der Waals surface area contributed by atoms with Crippen LogP contribution in [0.4, 0.5) is 5.82 Å². The SMILES string of the molecule is CC(Nc1nc(C2=CCC(N3CCCC3C=O)C(C)C2)cnc1C(=N)C#N)c1ccc(Cl)cc1Cl.CNC. The van der Waals surface area contributed by atoms with E-state index in [-0.39, 0.29) is 23.5 Å². The highest BCUT2D eigenvalue weighted by atomic mass is 35.5. The molecule has 202 valence electrons. The third-order valence-corrected chi connectivity index (χ3v) is 7.52. The molecule has 1 aromatic carbocycles. The lowest BCUT2D eigenvalue weighted by Crippen LogP contribution is -2.44. The highest BCUT2D eigenvalue weighted by molar-refractivity contribution is 6.35. The van der Waals surface area contributed by atoms with Crippen LogP contribution in [0.25, 0.3) is 5.57 Å². The number of carbonyl (C=O) groups excluding carboxylic acids is 1. The van der Waals surface area contributed by atoms with Gasteiger partial charge in [-0.05, 0) is 82.4 Å². The number of nitrogens with zero attached hydrogens (tertiary/aromatic N) is 4. The van der Waals surface area contributed by atoms with Crippen molar-refractivity contribution in [2.45, 2.75) is 57.7 Å². The van der Waals surface area contributed by atoms with E-state index in [0.717, 1.165) is 55.3 Å². The molecule has 2 heterocycles. The van der Waals surface area contributed by atoms with Crippen molar-refractivity contribution in [1.82, 2.24) is 20.2 Å². The minimum atomic E-state index is -0.263. The van der Waals surface area contributed by atoms with Crippen LogP contribution in [-0.4, -0.2) is 59.6 Å². The first-order valence-corrected chi connectivity index (χ1v) is 13.6. The number of benzene rings is 1. The molecule has 3 N–H and O–H groups in total. The van der Waals surface area contributed by atoms with Gasteiger partial charge in [-0.3, -0.25) is 10.3 Å². The van der Waals surface area contributed by atoms with Crippen LogP contribution < -0.4 is 10.6 Å². The summed E-state index contributed by atoms with van der Waals surface area (Å²) >= 11 is 12.4. The predicted octanol–water partition coefficient (Wildman–Crippen LogP) is 5.53. The van der Waals surface area contributed by atoms with Gasteiger partial charge in [-0.15, -0.1) is 0 Å². The van der Waals surface area contributed by atoms with E-state index >= 15 is 0 Å². The van der Waals surface area contributed by atoms with Crippen LogP contribution in [0.2, 0.25) is 10.0 Å².